The predicted octanol–water partition coefficient (Wildman–Crippen LogP) is 5.44. The molecule has 2 heterocycles. The van der Waals surface area contributed by atoms with Gasteiger partial charge in [0.2, 0.25) is 5.88 Å². The quantitative estimate of drug-likeness (QED) is 0.298. The van der Waals surface area contributed by atoms with E-state index in [2.05, 4.69) is 10.3 Å². The Hall–Kier alpha value is -4.48. The van der Waals surface area contributed by atoms with Gasteiger partial charge in [0.1, 0.15) is 34.4 Å². The zero-order valence-electron chi connectivity index (χ0n) is 18.7. The fourth-order valence-electron chi connectivity index (χ4n) is 3.31. The van der Waals surface area contributed by atoms with Crippen LogP contribution in [0.4, 0.5) is 10.1 Å². The lowest BCUT2D eigenvalue weighted by Gasteiger charge is -2.12. The van der Waals surface area contributed by atoms with E-state index in [4.69, 9.17) is 16.3 Å². The number of pyridine rings is 1. The molecule has 4 aromatic rings. The van der Waals surface area contributed by atoms with Crippen molar-refractivity contribution < 1.29 is 13.9 Å². The standard InChI is InChI=1S/C26H18ClFN4O3/c1-15-4-3-11-32-23(15)31-25(35-20-9-10-22(27)16(2)12-20)21(26(32)34)13-17(14-29)24(33)30-19-7-5-18(28)6-8-19/h3-13H,1-2H3,(H,30,33)/b17-13-. The molecule has 0 atom stereocenters. The smallest absolute Gasteiger partial charge is 0.269 e. The lowest BCUT2D eigenvalue weighted by atomic mass is 10.1. The van der Waals surface area contributed by atoms with Gasteiger partial charge in [-0.25, -0.2) is 4.39 Å². The molecule has 0 unspecified atom stereocenters. The molecule has 0 saturated heterocycles. The maximum atomic E-state index is 13.4. The molecule has 0 saturated carbocycles. The number of carbonyl (C=O) groups excluding carboxylic acids is 1. The first-order valence-electron chi connectivity index (χ1n) is 10.4. The number of carbonyl (C=O) groups is 1. The summed E-state index contributed by atoms with van der Waals surface area (Å²) in [6.45, 7) is 3.60. The normalized spacial score (nSPS) is 11.2. The molecular weight excluding hydrogens is 471 g/mol. The number of hydrogen-bond donors (Lipinski definition) is 1. The van der Waals surface area contributed by atoms with Crippen molar-refractivity contribution in [1.29, 1.82) is 5.26 Å². The highest BCUT2D eigenvalue weighted by Crippen LogP contribution is 2.28. The minimum absolute atomic E-state index is 0.0756. The number of rotatable bonds is 5. The average Bonchev–Trinajstić information content (AvgIpc) is 2.83. The summed E-state index contributed by atoms with van der Waals surface area (Å²) in [4.78, 5) is 30.6. The molecule has 1 N–H and O–H groups in total. The number of hydrogen-bond acceptors (Lipinski definition) is 5. The molecule has 174 valence electrons. The second kappa shape index (κ2) is 9.79. The van der Waals surface area contributed by atoms with Gasteiger partial charge in [0.05, 0.1) is 0 Å². The highest BCUT2D eigenvalue weighted by Gasteiger charge is 2.18. The number of nitriles is 1. The van der Waals surface area contributed by atoms with Crippen LogP contribution < -0.4 is 15.6 Å². The largest absolute Gasteiger partial charge is 0.438 e. The predicted molar refractivity (Wildman–Crippen MR) is 131 cm³/mol. The van der Waals surface area contributed by atoms with Gasteiger partial charge in [0, 0.05) is 16.9 Å². The Morgan fingerprint density at radius 2 is 1.91 bits per heavy atom. The Labute approximate surface area is 204 Å². The molecule has 0 aliphatic rings. The fraction of sp³-hybridized carbons (Fsp3) is 0.0769. The molecule has 0 aliphatic heterocycles. The van der Waals surface area contributed by atoms with E-state index in [1.165, 1.54) is 34.9 Å². The van der Waals surface area contributed by atoms with Gasteiger partial charge in [0.25, 0.3) is 11.5 Å². The van der Waals surface area contributed by atoms with Gasteiger partial charge in [-0.3, -0.25) is 14.0 Å². The van der Waals surface area contributed by atoms with Gasteiger partial charge < -0.3 is 10.1 Å². The highest BCUT2D eigenvalue weighted by atomic mass is 35.5. The van der Waals surface area contributed by atoms with Crippen molar-refractivity contribution in [3.05, 3.63) is 104 Å². The Kier molecular flexibility index (Phi) is 6.62. The number of ether oxygens (including phenoxy) is 1. The van der Waals surface area contributed by atoms with Crippen molar-refractivity contribution in [2.75, 3.05) is 5.32 Å². The summed E-state index contributed by atoms with van der Waals surface area (Å²) in [5.74, 6) is -0.945. The van der Waals surface area contributed by atoms with E-state index in [1.807, 2.05) is 0 Å². The molecule has 9 heteroatoms. The number of nitrogens with zero attached hydrogens (tertiary/aromatic N) is 3. The second-order valence-corrected chi connectivity index (χ2v) is 8.07. The number of nitrogens with one attached hydrogen (secondary N) is 1. The lowest BCUT2D eigenvalue weighted by molar-refractivity contribution is -0.112. The maximum Gasteiger partial charge on any atom is 0.269 e. The first-order valence-corrected chi connectivity index (χ1v) is 10.8. The van der Waals surface area contributed by atoms with Crippen LogP contribution in [-0.2, 0) is 4.79 Å². The van der Waals surface area contributed by atoms with Gasteiger partial charge in [-0.15, -0.1) is 0 Å². The van der Waals surface area contributed by atoms with Crippen LogP contribution in [0.25, 0.3) is 11.7 Å². The van der Waals surface area contributed by atoms with Gasteiger partial charge in [-0.2, -0.15) is 10.2 Å². The molecule has 7 nitrogen and oxygen atoms in total. The van der Waals surface area contributed by atoms with E-state index in [1.54, 1.807) is 50.2 Å². The van der Waals surface area contributed by atoms with E-state index in [-0.39, 0.29) is 22.7 Å². The van der Waals surface area contributed by atoms with Crippen molar-refractivity contribution in [2.45, 2.75) is 13.8 Å². The zero-order valence-corrected chi connectivity index (χ0v) is 19.4. The number of benzene rings is 2. The topological polar surface area (TPSA) is 96.5 Å². The minimum atomic E-state index is -0.777. The van der Waals surface area contributed by atoms with Crippen LogP contribution in [-0.4, -0.2) is 15.3 Å². The van der Waals surface area contributed by atoms with Crippen molar-refractivity contribution in [3.63, 3.8) is 0 Å². The molecule has 4 rings (SSSR count). The number of amides is 1. The van der Waals surface area contributed by atoms with E-state index in [9.17, 15) is 19.2 Å². The van der Waals surface area contributed by atoms with E-state index >= 15 is 0 Å². The molecule has 2 aromatic carbocycles. The third-order valence-electron chi connectivity index (χ3n) is 5.15. The van der Waals surface area contributed by atoms with Crippen LogP contribution in [0, 0.1) is 31.0 Å². The van der Waals surface area contributed by atoms with Crippen molar-refractivity contribution >= 4 is 34.9 Å². The van der Waals surface area contributed by atoms with Crippen molar-refractivity contribution in [3.8, 4) is 17.7 Å². The number of anilines is 1. The van der Waals surface area contributed by atoms with Crippen LogP contribution in [0.1, 0.15) is 16.7 Å². The van der Waals surface area contributed by atoms with Gasteiger partial charge in [0.15, 0.2) is 0 Å². The fourth-order valence-corrected chi connectivity index (χ4v) is 3.43. The first-order chi connectivity index (χ1) is 16.8. The second-order valence-electron chi connectivity index (χ2n) is 7.66. The molecule has 0 bridgehead atoms. The van der Waals surface area contributed by atoms with Crippen LogP contribution >= 0.6 is 11.6 Å². The lowest BCUT2D eigenvalue weighted by Crippen LogP contribution is -2.20. The van der Waals surface area contributed by atoms with Crippen molar-refractivity contribution in [1.82, 2.24) is 9.38 Å². The maximum absolute atomic E-state index is 13.4. The number of aromatic nitrogens is 2. The Bertz CT molecular complexity index is 1590. The molecule has 35 heavy (non-hydrogen) atoms. The molecule has 1 amide bonds. The summed E-state index contributed by atoms with van der Waals surface area (Å²) in [7, 11) is 0. The highest BCUT2D eigenvalue weighted by molar-refractivity contribution is 6.31. The van der Waals surface area contributed by atoms with Gasteiger partial charge in [-0.1, -0.05) is 17.7 Å². The van der Waals surface area contributed by atoms with E-state index in [0.29, 0.717) is 16.4 Å². The molecule has 0 radical (unpaired) electrons. The van der Waals surface area contributed by atoms with E-state index < -0.39 is 17.3 Å². The Morgan fingerprint density at radius 1 is 1.17 bits per heavy atom. The van der Waals surface area contributed by atoms with Crippen LogP contribution in [0.15, 0.2) is 71.2 Å². The van der Waals surface area contributed by atoms with Crippen LogP contribution in [0.2, 0.25) is 5.02 Å². The summed E-state index contributed by atoms with van der Waals surface area (Å²) in [5.41, 5.74) is 1.16. The minimum Gasteiger partial charge on any atom is -0.438 e. The molecule has 0 spiro atoms. The van der Waals surface area contributed by atoms with Gasteiger partial charge in [-0.05, 0) is 79.6 Å². The Morgan fingerprint density at radius 3 is 2.60 bits per heavy atom. The summed E-state index contributed by atoms with van der Waals surface area (Å²) in [6.07, 6.45) is 2.66. The molecule has 0 fully saturated rings. The third kappa shape index (κ3) is 5.05. The monoisotopic (exact) mass is 488 g/mol. The summed E-state index contributed by atoms with van der Waals surface area (Å²) in [6, 6.07) is 15.3. The van der Waals surface area contributed by atoms with Crippen LogP contribution in [0.3, 0.4) is 0 Å². The number of halogens is 2. The molecular formula is C26H18ClFN4O3. The Balaban J connectivity index is 1.83. The summed E-state index contributed by atoms with van der Waals surface area (Å²) < 4.78 is 20.4. The number of aryl methyl sites for hydroxylation is 2. The van der Waals surface area contributed by atoms with Crippen LogP contribution in [0.5, 0.6) is 11.6 Å². The molecule has 2 aromatic heterocycles. The molecule has 0 aliphatic carbocycles. The summed E-state index contributed by atoms with van der Waals surface area (Å²) >= 11 is 6.10. The van der Waals surface area contributed by atoms with Gasteiger partial charge >= 0.3 is 0 Å². The first kappa shape index (κ1) is 23.7. The zero-order chi connectivity index (χ0) is 25.1. The van der Waals surface area contributed by atoms with E-state index in [0.717, 1.165) is 17.2 Å². The third-order valence-corrected chi connectivity index (χ3v) is 5.57. The summed E-state index contributed by atoms with van der Waals surface area (Å²) in [5, 5.41) is 12.7. The van der Waals surface area contributed by atoms with Crippen molar-refractivity contribution in [2.24, 2.45) is 0 Å². The average molecular weight is 489 g/mol. The SMILES string of the molecule is Cc1cc(Oc2nc3c(C)cccn3c(=O)c2/C=C(/C#N)C(=O)Nc2ccc(F)cc2)ccc1Cl. The number of fused-ring (bicyclic) bond motifs is 1.